The predicted octanol–water partition coefficient (Wildman–Crippen LogP) is -1.44. The number of nitrogens with zero attached hydrogens (tertiary/aromatic N) is 2. The molecule has 0 amide bonds. The summed E-state index contributed by atoms with van der Waals surface area (Å²) in [6.07, 6.45) is 3.63. The fourth-order valence-electron chi connectivity index (χ4n) is 1.87. The van der Waals surface area contributed by atoms with Crippen molar-refractivity contribution in [3.8, 4) is 0 Å². The van der Waals surface area contributed by atoms with E-state index >= 15 is 0 Å². The second kappa shape index (κ2) is 8.35. The third-order valence-corrected chi connectivity index (χ3v) is 3.11. The van der Waals surface area contributed by atoms with E-state index in [0.29, 0.717) is 11.1 Å². The Kier molecular flexibility index (Phi) is 7.55. The van der Waals surface area contributed by atoms with Gasteiger partial charge in [0.15, 0.2) is 12.4 Å². The molecule has 0 aliphatic carbocycles. The SMILES string of the molecule is Cc1cc[n+](CC(=O)c2ccc(C)c([N+](=O)[O-])c2)cc1.O.[Br-]. The molecule has 0 aliphatic heterocycles. The van der Waals surface area contributed by atoms with Gasteiger partial charge in [-0.25, -0.2) is 0 Å². The number of nitro benzene ring substituents is 1. The van der Waals surface area contributed by atoms with Crippen LogP contribution in [0.2, 0.25) is 0 Å². The summed E-state index contributed by atoms with van der Waals surface area (Å²) >= 11 is 0. The van der Waals surface area contributed by atoms with Crippen LogP contribution in [0.3, 0.4) is 0 Å². The molecule has 0 bridgehead atoms. The molecule has 0 saturated carbocycles. The zero-order chi connectivity index (χ0) is 14.7. The summed E-state index contributed by atoms with van der Waals surface area (Å²) in [7, 11) is 0. The number of halogens is 1. The van der Waals surface area contributed by atoms with Crippen molar-refractivity contribution in [1.82, 2.24) is 0 Å². The minimum Gasteiger partial charge on any atom is -1.00 e. The first-order chi connectivity index (χ1) is 9.47. The fourth-order valence-corrected chi connectivity index (χ4v) is 1.87. The summed E-state index contributed by atoms with van der Waals surface area (Å²) in [5.74, 6) is -0.151. The van der Waals surface area contributed by atoms with E-state index in [0.717, 1.165) is 5.56 Å². The van der Waals surface area contributed by atoms with E-state index < -0.39 is 4.92 Å². The summed E-state index contributed by atoms with van der Waals surface area (Å²) < 4.78 is 1.75. The number of carbonyl (C=O) groups excluding carboxylic acids is 1. The van der Waals surface area contributed by atoms with Gasteiger partial charge in [0, 0.05) is 29.3 Å². The lowest BCUT2D eigenvalue weighted by atomic mass is 10.1. The van der Waals surface area contributed by atoms with Gasteiger partial charge < -0.3 is 22.5 Å². The zero-order valence-electron chi connectivity index (χ0n) is 12.2. The van der Waals surface area contributed by atoms with Gasteiger partial charge in [0.1, 0.15) is 0 Å². The van der Waals surface area contributed by atoms with Gasteiger partial charge in [-0.2, -0.15) is 4.57 Å². The highest BCUT2D eigenvalue weighted by atomic mass is 79.9. The molecule has 0 atom stereocenters. The van der Waals surface area contributed by atoms with Gasteiger partial charge in [-0.15, -0.1) is 0 Å². The number of hydrogen-bond donors (Lipinski definition) is 0. The van der Waals surface area contributed by atoms with Crippen LogP contribution in [-0.4, -0.2) is 16.2 Å². The van der Waals surface area contributed by atoms with Crippen LogP contribution in [0.25, 0.3) is 0 Å². The van der Waals surface area contributed by atoms with E-state index in [4.69, 9.17) is 0 Å². The number of aromatic nitrogens is 1. The molecule has 1 aromatic carbocycles. The molecule has 2 aromatic rings. The predicted molar refractivity (Wildman–Crippen MR) is 77.2 cm³/mol. The molecule has 22 heavy (non-hydrogen) atoms. The molecule has 6 nitrogen and oxygen atoms in total. The summed E-state index contributed by atoms with van der Waals surface area (Å²) in [6, 6.07) is 8.38. The van der Waals surface area contributed by atoms with Crippen molar-refractivity contribution in [3.05, 3.63) is 69.5 Å². The maximum absolute atomic E-state index is 12.1. The Morgan fingerprint density at radius 2 is 1.77 bits per heavy atom. The van der Waals surface area contributed by atoms with Crippen LogP contribution >= 0.6 is 0 Å². The maximum atomic E-state index is 12.1. The van der Waals surface area contributed by atoms with Gasteiger partial charge in [0.2, 0.25) is 12.3 Å². The molecule has 0 radical (unpaired) electrons. The minimum atomic E-state index is -0.467. The third-order valence-electron chi connectivity index (χ3n) is 3.11. The smallest absolute Gasteiger partial charge is 0.273 e. The molecule has 1 heterocycles. The van der Waals surface area contributed by atoms with Crippen LogP contribution in [0.1, 0.15) is 21.5 Å². The van der Waals surface area contributed by atoms with E-state index in [1.165, 1.54) is 6.07 Å². The zero-order valence-corrected chi connectivity index (χ0v) is 13.8. The van der Waals surface area contributed by atoms with Crippen LogP contribution in [0.5, 0.6) is 0 Å². The number of rotatable bonds is 4. The van der Waals surface area contributed by atoms with Crippen molar-refractivity contribution in [1.29, 1.82) is 0 Å². The van der Waals surface area contributed by atoms with E-state index in [1.807, 2.05) is 31.5 Å². The van der Waals surface area contributed by atoms with Crippen LogP contribution in [0.4, 0.5) is 5.69 Å². The first kappa shape index (κ1) is 19.9. The summed E-state index contributed by atoms with van der Waals surface area (Å²) in [5.41, 5.74) is 1.99. The molecule has 7 heteroatoms. The van der Waals surface area contributed by atoms with Crippen molar-refractivity contribution < 1.29 is 36.7 Å². The van der Waals surface area contributed by atoms with Crippen LogP contribution < -0.4 is 21.5 Å². The monoisotopic (exact) mass is 368 g/mol. The second-order valence-corrected chi connectivity index (χ2v) is 4.73. The molecule has 0 fully saturated rings. The largest absolute Gasteiger partial charge is 1.00 e. The number of hydrogen-bond acceptors (Lipinski definition) is 3. The van der Waals surface area contributed by atoms with Gasteiger partial charge in [-0.3, -0.25) is 14.9 Å². The number of ketones is 1. The van der Waals surface area contributed by atoms with Crippen LogP contribution in [-0.2, 0) is 6.54 Å². The number of carbonyl (C=O) groups is 1. The third kappa shape index (κ3) is 4.71. The van der Waals surface area contributed by atoms with E-state index in [1.54, 1.807) is 23.6 Å². The molecule has 2 N–H and O–H groups in total. The molecule has 0 unspecified atom stereocenters. The van der Waals surface area contributed by atoms with Crippen molar-refractivity contribution in [3.63, 3.8) is 0 Å². The van der Waals surface area contributed by atoms with E-state index in [9.17, 15) is 14.9 Å². The van der Waals surface area contributed by atoms with Crippen molar-refractivity contribution in [2.45, 2.75) is 20.4 Å². The van der Waals surface area contributed by atoms with Crippen molar-refractivity contribution in [2.24, 2.45) is 0 Å². The molecule has 0 saturated heterocycles. The molecule has 2 rings (SSSR count). The van der Waals surface area contributed by atoms with Crippen molar-refractivity contribution in [2.75, 3.05) is 0 Å². The minimum absolute atomic E-state index is 0. The standard InChI is InChI=1S/C15H15N2O3.BrH.H2O/c1-11-5-7-16(8-6-11)10-15(18)13-4-3-12(2)14(9-13)17(19)20;;/h3-9H,10H2,1-2H3;1H;1H2/q+1;;/p-1. The Bertz CT molecular complexity index is 672. The van der Waals surface area contributed by atoms with Crippen LogP contribution in [0.15, 0.2) is 42.7 Å². The summed E-state index contributed by atoms with van der Waals surface area (Å²) in [4.78, 5) is 22.6. The first-order valence-corrected chi connectivity index (χ1v) is 6.21. The second-order valence-electron chi connectivity index (χ2n) is 4.73. The fraction of sp³-hybridized carbons (Fsp3) is 0.200. The van der Waals surface area contributed by atoms with Gasteiger partial charge >= 0.3 is 0 Å². The Morgan fingerprint density at radius 1 is 1.18 bits per heavy atom. The number of Topliss-reactive ketones (excluding diaryl/α,β-unsaturated/α-hetero) is 1. The quantitative estimate of drug-likeness (QED) is 0.286. The lowest BCUT2D eigenvalue weighted by Gasteiger charge is -2.01. The molecule has 1 aromatic heterocycles. The normalized spacial score (nSPS) is 9.36. The van der Waals surface area contributed by atoms with Crippen LogP contribution in [0, 0.1) is 24.0 Å². The number of aryl methyl sites for hydroxylation is 2. The lowest BCUT2D eigenvalue weighted by molar-refractivity contribution is -0.683. The lowest BCUT2D eigenvalue weighted by Crippen LogP contribution is -3.00. The molecular formula is C15H17BrN2O4. The van der Waals surface area contributed by atoms with E-state index in [2.05, 4.69) is 0 Å². The van der Waals surface area contributed by atoms with Gasteiger partial charge in [0.05, 0.1) is 4.92 Å². The van der Waals surface area contributed by atoms with Crippen molar-refractivity contribution >= 4 is 11.5 Å². The first-order valence-electron chi connectivity index (χ1n) is 6.21. The topological polar surface area (TPSA) is 95.6 Å². The Morgan fingerprint density at radius 3 is 2.32 bits per heavy atom. The maximum Gasteiger partial charge on any atom is 0.273 e. The van der Waals surface area contributed by atoms with Gasteiger partial charge in [-0.1, -0.05) is 12.1 Å². The number of nitro groups is 1. The number of benzene rings is 1. The Balaban J connectivity index is 0.00000220. The highest BCUT2D eigenvalue weighted by molar-refractivity contribution is 5.95. The molecule has 0 aliphatic rings. The van der Waals surface area contributed by atoms with Gasteiger partial charge in [-0.05, 0) is 19.4 Å². The highest BCUT2D eigenvalue weighted by Gasteiger charge is 2.17. The van der Waals surface area contributed by atoms with Gasteiger partial charge in [0.25, 0.3) is 5.69 Å². The Hall–Kier alpha value is -2.12. The highest BCUT2D eigenvalue weighted by Crippen LogP contribution is 2.19. The average molecular weight is 369 g/mol. The number of pyridine rings is 1. The summed E-state index contributed by atoms with van der Waals surface area (Å²) in [6.45, 7) is 3.79. The molecule has 118 valence electrons. The molecular weight excluding hydrogens is 352 g/mol. The average Bonchev–Trinajstić information content (AvgIpc) is 2.41. The summed E-state index contributed by atoms with van der Waals surface area (Å²) in [5, 5.41) is 10.9. The Labute approximate surface area is 138 Å². The van der Waals surface area contributed by atoms with E-state index in [-0.39, 0.29) is 40.5 Å². The molecule has 0 spiro atoms.